The smallest absolute Gasteiger partial charge is 0.252 e. The predicted molar refractivity (Wildman–Crippen MR) is 113 cm³/mol. The summed E-state index contributed by atoms with van der Waals surface area (Å²) >= 11 is 23.4. The molecule has 28 heavy (non-hydrogen) atoms. The molecule has 150 valence electrons. The molecule has 9 heteroatoms. The Morgan fingerprint density at radius 2 is 1.89 bits per heavy atom. The summed E-state index contributed by atoms with van der Waals surface area (Å²) in [7, 11) is 0. The fourth-order valence-electron chi connectivity index (χ4n) is 2.11. The summed E-state index contributed by atoms with van der Waals surface area (Å²) in [6.07, 6.45) is 3.62. The van der Waals surface area contributed by atoms with Gasteiger partial charge in [0.05, 0.1) is 22.2 Å². The highest BCUT2D eigenvalue weighted by molar-refractivity contribution is 6.55. The van der Waals surface area contributed by atoms with Crippen molar-refractivity contribution in [1.29, 1.82) is 0 Å². The Morgan fingerprint density at radius 3 is 2.50 bits per heavy atom. The van der Waals surface area contributed by atoms with E-state index in [9.17, 15) is 4.79 Å². The Balaban J connectivity index is 1.78. The fraction of sp³-hybridized carbons (Fsp3) is 0.263. The number of aromatic nitrogens is 1. The molecule has 1 N–H and O–H groups in total. The van der Waals surface area contributed by atoms with Crippen LogP contribution in [-0.4, -0.2) is 30.6 Å². The highest BCUT2D eigenvalue weighted by Gasteiger charge is 2.11. The van der Waals surface area contributed by atoms with Crippen molar-refractivity contribution in [3.63, 3.8) is 0 Å². The van der Waals surface area contributed by atoms with Crippen molar-refractivity contribution in [2.24, 2.45) is 0 Å². The lowest BCUT2D eigenvalue weighted by Gasteiger charge is -2.12. The average Bonchev–Trinajstić information content (AvgIpc) is 2.63. The third kappa shape index (κ3) is 7.40. The number of nitrogens with zero attached hydrogens (tertiary/aromatic N) is 1. The van der Waals surface area contributed by atoms with Crippen LogP contribution in [0.3, 0.4) is 0 Å². The van der Waals surface area contributed by atoms with Crippen molar-refractivity contribution in [2.45, 2.75) is 13.3 Å². The minimum absolute atomic E-state index is 0.114. The topological polar surface area (TPSA) is 60.5 Å². The van der Waals surface area contributed by atoms with Crippen LogP contribution in [0.4, 0.5) is 0 Å². The van der Waals surface area contributed by atoms with E-state index in [1.807, 2.05) is 6.92 Å². The zero-order chi connectivity index (χ0) is 20.5. The minimum atomic E-state index is -0.184. The van der Waals surface area contributed by atoms with Gasteiger partial charge in [-0.25, -0.2) is 0 Å². The van der Waals surface area contributed by atoms with E-state index in [0.717, 1.165) is 5.69 Å². The molecule has 1 heterocycles. The van der Waals surface area contributed by atoms with E-state index in [0.29, 0.717) is 46.7 Å². The van der Waals surface area contributed by atoms with Crippen molar-refractivity contribution in [2.75, 3.05) is 19.8 Å². The van der Waals surface area contributed by atoms with Crippen LogP contribution in [0, 0.1) is 6.92 Å². The first-order valence-electron chi connectivity index (χ1n) is 8.33. The van der Waals surface area contributed by atoms with Crippen LogP contribution in [-0.2, 0) is 0 Å². The third-order valence-corrected chi connectivity index (χ3v) is 4.36. The van der Waals surface area contributed by atoms with E-state index in [4.69, 9.17) is 55.9 Å². The molecular weight excluding hydrogens is 446 g/mol. The van der Waals surface area contributed by atoms with Crippen LogP contribution < -0.4 is 14.8 Å². The molecule has 0 saturated carbocycles. The number of rotatable bonds is 9. The van der Waals surface area contributed by atoms with Crippen molar-refractivity contribution in [3.8, 4) is 11.5 Å². The van der Waals surface area contributed by atoms with Gasteiger partial charge in [0.1, 0.15) is 16.8 Å². The summed E-state index contributed by atoms with van der Waals surface area (Å²) in [4.78, 5) is 16.1. The second kappa shape index (κ2) is 11.4. The van der Waals surface area contributed by atoms with E-state index in [2.05, 4.69) is 10.3 Å². The molecule has 5 nitrogen and oxygen atoms in total. The van der Waals surface area contributed by atoms with Crippen LogP contribution in [0.1, 0.15) is 22.5 Å². The largest absolute Gasteiger partial charge is 0.490 e. The second-order valence-electron chi connectivity index (χ2n) is 5.67. The molecule has 0 saturated heterocycles. The number of carbonyl (C=O) groups excluding carboxylic acids is 1. The molecule has 0 bridgehead atoms. The molecule has 0 fully saturated rings. The molecule has 0 radical (unpaired) electrons. The predicted octanol–water partition coefficient (Wildman–Crippen LogP) is 5.59. The Hall–Kier alpha value is -1.66. The van der Waals surface area contributed by atoms with Gasteiger partial charge >= 0.3 is 0 Å². The number of nitrogens with one attached hydrogen (secondary N) is 1. The Kier molecular flexibility index (Phi) is 9.19. The van der Waals surface area contributed by atoms with Crippen LogP contribution in [0.25, 0.3) is 0 Å². The Labute approximate surface area is 183 Å². The summed E-state index contributed by atoms with van der Waals surface area (Å²) in [5.74, 6) is 0.638. The van der Waals surface area contributed by atoms with E-state index in [1.54, 1.807) is 30.5 Å². The maximum atomic E-state index is 12.0. The zero-order valence-corrected chi connectivity index (χ0v) is 18.0. The van der Waals surface area contributed by atoms with E-state index >= 15 is 0 Å². The summed E-state index contributed by atoms with van der Waals surface area (Å²) in [6.45, 7) is 2.82. The lowest BCUT2D eigenvalue weighted by atomic mass is 10.2. The van der Waals surface area contributed by atoms with E-state index in [1.165, 1.54) is 6.08 Å². The monoisotopic (exact) mass is 462 g/mol. The van der Waals surface area contributed by atoms with Gasteiger partial charge in [-0.2, -0.15) is 0 Å². The molecule has 0 aliphatic carbocycles. The van der Waals surface area contributed by atoms with Gasteiger partial charge in [0.15, 0.2) is 5.75 Å². The van der Waals surface area contributed by atoms with Gasteiger partial charge in [0.2, 0.25) is 0 Å². The molecule has 0 aliphatic rings. The molecule has 2 rings (SSSR count). The van der Waals surface area contributed by atoms with E-state index in [-0.39, 0.29) is 17.0 Å². The first kappa shape index (κ1) is 22.6. The summed E-state index contributed by atoms with van der Waals surface area (Å²) in [5.41, 5.74) is 1.37. The highest BCUT2D eigenvalue weighted by Crippen LogP contribution is 2.37. The molecular formula is C19H18Cl4N2O3. The van der Waals surface area contributed by atoms with Crippen LogP contribution >= 0.6 is 46.4 Å². The van der Waals surface area contributed by atoms with Gasteiger partial charge in [-0.1, -0.05) is 46.4 Å². The van der Waals surface area contributed by atoms with Crippen molar-refractivity contribution >= 4 is 52.3 Å². The molecule has 1 amide bonds. The Morgan fingerprint density at radius 1 is 1.18 bits per heavy atom. The first-order chi connectivity index (χ1) is 13.4. The highest BCUT2D eigenvalue weighted by atomic mass is 35.5. The van der Waals surface area contributed by atoms with Crippen molar-refractivity contribution in [1.82, 2.24) is 10.3 Å². The van der Waals surface area contributed by atoms with Crippen LogP contribution in [0.5, 0.6) is 11.5 Å². The number of ether oxygens (including phenoxy) is 2. The number of benzene rings is 1. The Bertz CT molecular complexity index is 815. The first-order valence-corrected chi connectivity index (χ1v) is 9.84. The number of amides is 1. The van der Waals surface area contributed by atoms with Gasteiger partial charge in [-0.15, -0.1) is 0 Å². The van der Waals surface area contributed by atoms with Gasteiger partial charge in [-0.05, 0) is 31.6 Å². The summed E-state index contributed by atoms with van der Waals surface area (Å²) in [6, 6.07) is 6.69. The van der Waals surface area contributed by atoms with Crippen LogP contribution in [0.2, 0.25) is 10.0 Å². The van der Waals surface area contributed by atoms with Crippen molar-refractivity contribution in [3.05, 3.63) is 62.3 Å². The number of hydrogen-bond donors (Lipinski definition) is 1. The van der Waals surface area contributed by atoms with E-state index < -0.39 is 0 Å². The lowest BCUT2D eigenvalue weighted by molar-refractivity contribution is 0.0951. The van der Waals surface area contributed by atoms with Gasteiger partial charge in [0.25, 0.3) is 5.91 Å². The molecule has 0 aliphatic heterocycles. The van der Waals surface area contributed by atoms with Gasteiger partial charge in [0, 0.05) is 30.6 Å². The quantitative estimate of drug-likeness (QED) is 0.492. The molecule has 0 unspecified atom stereocenters. The molecule has 0 spiro atoms. The maximum Gasteiger partial charge on any atom is 0.252 e. The number of halogens is 4. The summed E-state index contributed by atoms with van der Waals surface area (Å²) < 4.78 is 11.2. The normalized spacial score (nSPS) is 10.3. The van der Waals surface area contributed by atoms with Gasteiger partial charge < -0.3 is 14.8 Å². The molecule has 1 aromatic heterocycles. The van der Waals surface area contributed by atoms with Crippen LogP contribution in [0.15, 0.2) is 41.0 Å². The molecule has 2 aromatic rings. The molecule has 0 atom stereocenters. The van der Waals surface area contributed by atoms with Crippen molar-refractivity contribution < 1.29 is 14.3 Å². The zero-order valence-electron chi connectivity index (χ0n) is 15.0. The minimum Gasteiger partial charge on any atom is -0.490 e. The standard InChI is InChI=1S/C19H18Cl4N2O3/c1-12-3-4-13(11-25-12)19(26)24-6-2-7-28-18-15(20)9-14(10-16(18)21)27-8-5-17(22)23/h3-5,9-11H,2,6-8H2,1H3,(H,24,26). The maximum absolute atomic E-state index is 12.0. The third-order valence-electron chi connectivity index (χ3n) is 3.49. The number of pyridine rings is 1. The van der Waals surface area contributed by atoms with Gasteiger partial charge in [-0.3, -0.25) is 9.78 Å². The number of hydrogen-bond acceptors (Lipinski definition) is 4. The fourth-order valence-corrected chi connectivity index (χ4v) is 2.81. The number of carbonyl (C=O) groups is 1. The molecule has 1 aromatic carbocycles. The number of aryl methyl sites for hydroxylation is 1. The second-order valence-corrected chi connectivity index (χ2v) is 7.49. The SMILES string of the molecule is Cc1ccc(C(=O)NCCCOc2c(Cl)cc(OCC=C(Cl)Cl)cc2Cl)cn1. The average molecular weight is 464 g/mol. The lowest BCUT2D eigenvalue weighted by Crippen LogP contribution is -2.25. The summed E-state index contributed by atoms with van der Waals surface area (Å²) in [5, 5.41) is 3.44.